The van der Waals surface area contributed by atoms with Crippen LogP contribution >= 0.6 is 22.9 Å². The van der Waals surface area contributed by atoms with Gasteiger partial charge in [-0.05, 0) is 55.0 Å². The molecule has 1 saturated heterocycles. The van der Waals surface area contributed by atoms with Crippen LogP contribution in [0.5, 0.6) is 0 Å². The topological polar surface area (TPSA) is 91.6 Å². The number of pyridine rings is 3. The Morgan fingerprint density at radius 2 is 2.02 bits per heavy atom. The molecule has 0 bridgehead atoms. The van der Waals surface area contributed by atoms with Gasteiger partial charge in [-0.1, -0.05) is 32.0 Å². The van der Waals surface area contributed by atoms with E-state index < -0.39 is 24.5 Å². The third kappa shape index (κ3) is 4.15. The summed E-state index contributed by atoms with van der Waals surface area (Å²) < 4.78 is 26.7. The van der Waals surface area contributed by atoms with Gasteiger partial charge in [0.15, 0.2) is 0 Å². The highest BCUT2D eigenvalue weighted by Gasteiger charge is 2.46. The summed E-state index contributed by atoms with van der Waals surface area (Å²) >= 11 is 8.37. The lowest BCUT2D eigenvalue weighted by molar-refractivity contribution is -0.130. The van der Waals surface area contributed by atoms with E-state index in [2.05, 4.69) is 11.6 Å². The van der Waals surface area contributed by atoms with Crippen molar-refractivity contribution in [1.29, 1.82) is 0 Å². The van der Waals surface area contributed by atoms with Gasteiger partial charge in [-0.3, -0.25) is 23.9 Å². The fraction of sp³-hybridized carbons (Fsp3) is 0.323. The van der Waals surface area contributed by atoms with E-state index in [4.69, 9.17) is 20.7 Å². The summed E-state index contributed by atoms with van der Waals surface area (Å²) in [6.07, 6.45) is 2.83. The standard InChI is InChI=1S/C31H31ClN6O3S/c1-7-23(39)36-14-22-30(40)35(6)28-27(37(22)13-18(36)5)20-12-21(32)25(19-9-11-42-15-19)34-29(20)38(31(28)41)26-17(4)8-10-33-24(26)16(2)3/h7-12,15-16,18,22H,1,13-14H2,2-6H3/t18-,22-/m1/s1/i6D3. The number of carbonyl (C=O) groups excluding carboxylic acids is 2. The average Bonchev–Trinajstić information content (AvgIpc) is 3.51. The number of likely N-dealkylation sites (N-methyl/N-ethyl adjacent to an activating group) is 1. The minimum absolute atomic E-state index is 0.0885. The predicted molar refractivity (Wildman–Crippen MR) is 168 cm³/mol. The van der Waals surface area contributed by atoms with Crippen LogP contribution in [-0.2, 0) is 9.59 Å². The van der Waals surface area contributed by atoms with E-state index in [1.807, 2.05) is 44.5 Å². The summed E-state index contributed by atoms with van der Waals surface area (Å²) in [6, 6.07) is 3.88. The fourth-order valence-corrected chi connectivity index (χ4v) is 6.86. The van der Waals surface area contributed by atoms with Crippen LogP contribution in [0.3, 0.4) is 0 Å². The lowest BCUT2D eigenvalue weighted by atomic mass is 9.98. The van der Waals surface area contributed by atoms with Crippen molar-refractivity contribution in [2.45, 2.75) is 45.7 Å². The molecule has 4 aromatic rings. The van der Waals surface area contributed by atoms with E-state index in [0.29, 0.717) is 32.4 Å². The monoisotopic (exact) mass is 605 g/mol. The zero-order chi connectivity index (χ0) is 32.5. The molecular formula is C31H31ClN6O3S. The van der Waals surface area contributed by atoms with Gasteiger partial charge in [-0.2, -0.15) is 11.3 Å². The molecule has 0 aliphatic carbocycles. The molecule has 6 heterocycles. The van der Waals surface area contributed by atoms with Crippen molar-refractivity contribution in [2.24, 2.45) is 0 Å². The SMILES string of the molecule is [2H]C([2H])([2H])N1C(=O)[C@H]2CN(C(=O)C=C)[C@H](C)CN2c2c1c(=O)n(-c1c(C)ccnc1C(C)C)c1nc(-c3ccsc3)c(Cl)cc21. The molecule has 2 atom stereocenters. The van der Waals surface area contributed by atoms with Crippen molar-refractivity contribution in [1.82, 2.24) is 19.4 Å². The number of hydrogen-bond acceptors (Lipinski definition) is 7. The number of piperazine rings is 1. The van der Waals surface area contributed by atoms with E-state index >= 15 is 0 Å². The quantitative estimate of drug-likeness (QED) is 0.298. The van der Waals surface area contributed by atoms with Crippen LogP contribution in [0.4, 0.5) is 11.4 Å². The summed E-state index contributed by atoms with van der Waals surface area (Å²) in [5, 5.41) is 4.49. The van der Waals surface area contributed by atoms with Crippen LogP contribution in [0, 0.1) is 6.92 Å². The summed E-state index contributed by atoms with van der Waals surface area (Å²) in [5.41, 5.74) is 2.48. The fourth-order valence-electron chi connectivity index (χ4n) is 5.96. The molecule has 9 nitrogen and oxygen atoms in total. The molecule has 0 saturated carbocycles. The smallest absolute Gasteiger partial charge is 0.283 e. The van der Waals surface area contributed by atoms with Gasteiger partial charge in [0.1, 0.15) is 17.4 Å². The first-order valence-corrected chi connectivity index (χ1v) is 14.9. The Hall–Kier alpha value is -4.02. The number of amides is 2. The van der Waals surface area contributed by atoms with Crippen LogP contribution in [0.25, 0.3) is 28.0 Å². The van der Waals surface area contributed by atoms with Crippen molar-refractivity contribution in [3.05, 3.63) is 74.4 Å². The molecule has 11 heteroatoms. The van der Waals surface area contributed by atoms with Gasteiger partial charge in [0.05, 0.1) is 34.3 Å². The number of thiophene rings is 1. The Morgan fingerprint density at radius 1 is 1.24 bits per heavy atom. The maximum absolute atomic E-state index is 14.9. The van der Waals surface area contributed by atoms with Crippen LogP contribution < -0.4 is 15.4 Å². The van der Waals surface area contributed by atoms with Crippen molar-refractivity contribution in [2.75, 3.05) is 29.9 Å². The number of nitrogens with zero attached hydrogens (tertiary/aromatic N) is 6. The first-order valence-electron chi connectivity index (χ1n) is 15.1. The van der Waals surface area contributed by atoms with E-state index in [1.54, 1.807) is 23.2 Å². The number of fused-ring (bicyclic) bond motifs is 5. The molecule has 0 spiro atoms. The minimum Gasteiger partial charge on any atom is -0.354 e. The summed E-state index contributed by atoms with van der Waals surface area (Å²) in [7, 11) is 0. The summed E-state index contributed by atoms with van der Waals surface area (Å²) in [6.45, 7) is 8.20. The number of halogens is 1. The molecule has 216 valence electrons. The first-order chi connectivity index (χ1) is 21.3. The average molecular weight is 606 g/mol. The molecular weight excluding hydrogens is 572 g/mol. The van der Waals surface area contributed by atoms with Crippen molar-refractivity contribution in [3.8, 4) is 16.9 Å². The second kappa shape index (κ2) is 10.4. The Labute approximate surface area is 256 Å². The molecule has 2 aliphatic heterocycles. The molecule has 0 aromatic carbocycles. The Morgan fingerprint density at radius 3 is 2.69 bits per heavy atom. The van der Waals surface area contributed by atoms with Gasteiger partial charge in [0.2, 0.25) is 5.91 Å². The second-order valence-corrected chi connectivity index (χ2v) is 12.1. The molecule has 1 fully saturated rings. The normalized spacial score (nSPS) is 19.8. The van der Waals surface area contributed by atoms with E-state index in [1.165, 1.54) is 26.9 Å². The largest absolute Gasteiger partial charge is 0.354 e. The first kappa shape index (κ1) is 24.6. The molecule has 0 unspecified atom stereocenters. The van der Waals surface area contributed by atoms with Crippen LogP contribution in [0.15, 0.2) is 52.6 Å². The summed E-state index contributed by atoms with van der Waals surface area (Å²) in [5.74, 6) is -1.29. The van der Waals surface area contributed by atoms with E-state index in [0.717, 1.165) is 11.1 Å². The molecule has 6 rings (SSSR count). The highest BCUT2D eigenvalue weighted by Crippen LogP contribution is 2.44. The Bertz CT molecular complexity index is 1940. The number of carbonyl (C=O) groups is 2. The van der Waals surface area contributed by atoms with Gasteiger partial charge >= 0.3 is 0 Å². The second-order valence-electron chi connectivity index (χ2n) is 10.9. The molecule has 0 radical (unpaired) electrons. The molecule has 2 aliphatic rings. The third-order valence-electron chi connectivity index (χ3n) is 7.98. The third-order valence-corrected chi connectivity index (χ3v) is 8.96. The summed E-state index contributed by atoms with van der Waals surface area (Å²) in [4.78, 5) is 55.2. The van der Waals surface area contributed by atoms with Crippen LogP contribution in [0.1, 0.15) is 42.1 Å². The van der Waals surface area contributed by atoms with Crippen molar-refractivity contribution >= 4 is 57.2 Å². The van der Waals surface area contributed by atoms with Crippen LogP contribution in [0.2, 0.25) is 5.02 Å². The Kier molecular flexibility index (Phi) is 6.06. The zero-order valence-corrected chi connectivity index (χ0v) is 25.2. The molecule has 0 N–H and O–H groups in total. The molecule has 2 amide bonds. The highest BCUT2D eigenvalue weighted by molar-refractivity contribution is 7.08. The number of anilines is 2. The predicted octanol–water partition coefficient (Wildman–Crippen LogP) is 5.16. The molecule has 42 heavy (non-hydrogen) atoms. The van der Waals surface area contributed by atoms with Crippen LogP contribution in [-0.4, -0.2) is 63.4 Å². The lowest BCUT2D eigenvalue weighted by Gasteiger charge is -2.49. The van der Waals surface area contributed by atoms with Crippen molar-refractivity contribution < 1.29 is 13.7 Å². The van der Waals surface area contributed by atoms with Gasteiger partial charge in [0.25, 0.3) is 11.5 Å². The number of aryl methyl sites for hydroxylation is 1. The van der Waals surface area contributed by atoms with Gasteiger partial charge in [-0.25, -0.2) is 4.98 Å². The van der Waals surface area contributed by atoms with Crippen molar-refractivity contribution in [3.63, 3.8) is 0 Å². The highest BCUT2D eigenvalue weighted by atomic mass is 35.5. The van der Waals surface area contributed by atoms with Gasteiger partial charge in [0, 0.05) is 46.2 Å². The zero-order valence-electron chi connectivity index (χ0n) is 26.6. The van der Waals surface area contributed by atoms with E-state index in [9.17, 15) is 14.4 Å². The number of rotatable bonds is 4. The Balaban J connectivity index is 1.79. The lowest BCUT2D eigenvalue weighted by Crippen LogP contribution is -2.66. The minimum atomic E-state index is -3.02. The molecule has 4 aromatic heterocycles. The maximum atomic E-state index is 14.9. The van der Waals surface area contributed by atoms with Gasteiger partial charge < -0.3 is 14.7 Å². The van der Waals surface area contributed by atoms with Gasteiger partial charge in [-0.15, -0.1) is 0 Å². The maximum Gasteiger partial charge on any atom is 0.283 e. The number of aromatic nitrogens is 3. The van der Waals surface area contributed by atoms with E-state index in [-0.39, 0.29) is 48.0 Å². The number of hydrogen-bond donors (Lipinski definition) is 0.